The number of fused-ring (bicyclic) bond motifs is 5. The van der Waals surface area contributed by atoms with Crippen LogP contribution in [0.1, 0.15) is 48.7 Å². The Balaban J connectivity index is 1.49. The normalized spacial score (nSPS) is 25.8. The van der Waals surface area contributed by atoms with E-state index in [-0.39, 0.29) is 41.4 Å². The molecule has 2 aliphatic carbocycles. The van der Waals surface area contributed by atoms with Crippen LogP contribution in [0.3, 0.4) is 0 Å². The number of aryl methyl sites for hydroxylation is 2. The van der Waals surface area contributed by atoms with Crippen molar-refractivity contribution in [3.8, 4) is 0 Å². The first-order valence-electron chi connectivity index (χ1n) is 11.5. The number of amides is 3. The van der Waals surface area contributed by atoms with Gasteiger partial charge in [-0.05, 0) is 61.3 Å². The van der Waals surface area contributed by atoms with Gasteiger partial charge in [0.15, 0.2) is 0 Å². The van der Waals surface area contributed by atoms with Gasteiger partial charge in [0.2, 0.25) is 11.8 Å². The van der Waals surface area contributed by atoms with Gasteiger partial charge in [-0.3, -0.25) is 14.4 Å². The van der Waals surface area contributed by atoms with E-state index in [1.165, 1.54) is 10.5 Å². The van der Waals surface area contributed by atoms with Crippen molar-refractivity contribution in [3.05, 3.63) is 70.8 Å². The molecule has 1 heterocycles. The van der Waals surface area contributed by atoms with Gasteiger partial charge in [-0.25, -0.2) is 4.90 Å². The van der Waals surface area contributed by atoms with Gasteiger partial charge in [0.1, 0.15) is 0 Å². The number of benzene rings is 2. The highest BCUT2D eigenvalue weighted by Gasteiger charge is 2.61. The first-order valence-corrected chi connectivity index (χ1v) is 11.5. The van der Waals surface area contributed by atoms with E-state index in [0.29, 0.717) is 11.3 Å². The maximum Gasteiger partial charge on any atom is 0.257 e. The summed E-state index contributed by atoms with van der Waals surface area (Å²) in [5.41, 5.74) is 4.91. The van der Waals surface area contributed by atoms with Crippen molar-refractivity contribution in [1.82, 2.24) is 0 Å². The quantitative estimate of drug-likeness (QED) is 0.551. The van der Waals surface area contributed by atoms with Gasteiger partial charge < -0.3 is 5.32 Å². The lowest BCUT2D eigenvalue weighted by Crippen LogP contribution is -2.34. The second-order valence-corrected chi connectivity index (χ2v) is 9.11. The van der Waals surface area contributed by atoms with E-state index >= 15 is 0 Å². The Bertz CT molecular complexity index is 1140. The van der Waals surface area contributed by atoms with Crippen LogP contribution in [0.25, 0.3) is 0 Å². The van der Waals surface area contributed by atoms with Crippen molar-refractivity contribution < 1.29 is 14.4 Å². The molecule has 0 spiro atoms. The number of carbonyl (C=O) groups excluding carboxylic acids is 3. The van der Waals surface area contributed by atoms with Crippen LogP contribution in [0, 0.1) is 23.7 Å². The summed E-state index contributed by atoms with van der Waals surface area (Å²) in [6, 6.07) is 13.0. The minimum atomic E-state index is -0.300. The van der Waals surface area contributed by atoms with E-state index < -0.39 is 0 Å². The molecule has 5 heteroatoms. The Morgan fingerprint density at radius 2 is 1.62 bits per heavy atom. The highest BCUT2D eigenvalue weighted by atomic mass is 16.2. The summed E-state index contributed by atoms with van der Waals surface area (Å²) < 4.78 is 0. The fourth-order valence-electron chi connectivity index (χ4n) is 5.96. The third kappa shape index (κ3) is 2.94. The van der Waals surface area contributed by atoms with E-state index in [2.05, 4.69) is 32.2 Å². The number of allylic oxidation sites excluding steroid dienone is 2. The summed E-state index contributed by atoms with van der Waals surface area (Å²) in [5.74, 6) is -0.929. The van der Waals surface area contributed by atoms with Gasteiger partial charge in [0.05, 0.1) is 23.1 Å². The number of carbonyl (C=O) groups is 3. The second-order valence-electron chi connectivity index (χ2n) is 9.11. The van der Waals surface area contributed by atoms with Crippen molar-refractivity contribution in [3.63, 3.8) is 0 Å². The molecule has 5 rings (SSSR count). The fourth-order valence-corrected chi connectivity index (χ4v) is 5.96. The van der Waals surface area contributed by atoms with Crippen LogP contribution in [0.2, 0.25) is 0 Å². The summed E-state index contributed by atoms with van der Waals surface area (Å²) >= 11 is 0. The maximum atomic E-state index is 13.4. The Morgan fingerprint density at radius 1 is 0.969 bits per heavy atom. The Morgan fingerprint density at radius 3 is 2.31 bits per heavy atom. The number of hydrogen-bond acceptors (Lipinski definition) is 3. The first-order chi connectivity index (χ1) is 15.5. The molecule has 1 saturated heterocycles. The number of rotatable bonds is 5. The van der Waals surface area contributed by atoms with Gasteiger partial charge in [-0.1, -0.05) is 55.8 Å². The largest absolute Gasteiger partial charge is 0.321 e. The van der Waals surface area contributed by atoms with E-state index in [1.54, 1.807) is 24.3 Å². The third-order valence-corrected chi connectivity index (χ3v) is 7.51. The van der Waals surface area contributed by atoms with Crippen LogP contribution in [-0.2, 0) is 22.4 Å². The topological polar surface area (TPSA) is 66.5 Å². The van der Waals surface area contributed by atoms with Crippen molar-refractivity contribution in [2.75, 3.05) is 10.2 Å². The summed E-state index contributed by atoms with van der Waals surface area (Å²) in [6.07, 6.45) is 4.65. The first kappa shape index (κ1) is 20.7. The molecule has 3 aliphatic rings. The minimum absolute atomic E-state index is 0.135. The monoisotopic (exact) mass is 428 g/mol. The van der Waals surface area contributed by atoms with Crippen LogP contribution < -0.4 is 10.2 Å². The maximum absolute atomic E-state index is 13.4. The van der Waals surface area contributed by atoms with E-state index in [9.17, 15) is 14.4 Å². The summed E-state index contributed by atoms with van der Waals surface area (Å²) in [7, 11) is 0. The molecule has 5 nitrogen and oxygen atoms in total. The lowest BCUT2D eigenvalue weighted by atomic mass is 9.82. The molecule has 2 aromatic rings. The summed E-state index contributed by atoms with van der Waals surface area (Å²) in [4.78, 5) is 41.5. The van der Waals surface area contributed by atoms with Gasteiger partial charge in [0, 0.05) is 5.69 Å². The molecule has 0 aromatic heterocycles. The SMILES string of the molecule is CCc1cccc(CC)c1NC(=O)c1ccccc1N1C(=O)[C@@H]2[C@@H](C1=O)[C@H]1C=C(C)[C@H]2C1. The van der Waals surface area contributed by atoms with Crippen LogP contribution in [0.15, 0.2) is 54.1 Å². The van der Waals surface area contributed by atoms with Gasteiger partial charge in [-0.15, -0.1) is 0 Å². The van der Waals surface area contributed by atoms with Crippen molar-refractivity contribution in [2.24, 2.45) is 23.7 Å². The summed E-state index contributed by atoms with van der Waals surface area (Å²) in [5, 5.41) is 3.08. The zero-order valence-corrected chi connectivity index (χ0v) is 18.7. The van der Waals surface area contributed by atoms with Gasteiger partial charge >= 0.3 is 0 Å². The number of nitrogens with one attached hydrogen (secondary N) is 1. The molecule has 4 atom stereocenters. The number of hydrogen-bond donors (Lipinski definition) is 1. The Labute approximate surface area is 188 Å². The molecule has 1 aliphatic heterocycles. The molecular weight excluding hydrogens is 400 g/mol. The molecule has 2 aromatic carbocycles. The Hall–Kier alpha value is -3.21. The average Bonchev–Trinajstić information content (AvgIpc) is 3.44. The Kier molecular flexibility index (Phi) is 5.00. The lowest BCUT2D eigenvalue weighted by molar-refractivity contribution is -0.123. The molecule has 32 heavy (non-hydrogen) atoms. The molecule has 164 valence electrons. The molecular formula is C27H28N2O3. The predicted octanol–water partition coefficient (Wildman–Crippen LogP) is 4.77. The van der Waals surface area contributed by atoms with Crippen molar-refractivity contribution in [1.29, 1.82) is 0 Å². The van der Waals surface area contributed by atoms with E-state index in [4.69, 9.17) is 0 Å². The molecule has 3 amide bonds. The van der Waals surface area contributed by atoms with Crippen LogP contribution in [0.4, 0.5) is 11.4 Å². The number of imide groups is 1. The molecule has 2 fully saturated rings. The molecule has 1 N–H and O–H groups in total. The lowest BCUT2D eigenvalue weighted by Gasteiger charge is -2.21. The smallest absolute Gasteiger partial charge is 0.257 e. The molecule has 2 bridgehead atoms. The molecule has 1 saturated carbocycles. The van der Waals surface area contributed by atoms with Crippen LogP contribution in [-0.4, -0.2) is 17.7 Å². The van der Waals surface area contributed by atoms with Gasteiger partial charge in [0.25, 0.3) is 5.91 Å². The standard InChI is InChI=1S/C27H28N2O3/c1-4-16-9-8-10-17(5-2)24(16)28-25(30)19-11-6-7-12-21(19)29-26(31)22-18-13-15(3)20(14-18)23(22)27(29)32/h6-13,18,20,22-23H,4-5,14H2,1-3H3,(H,28,30)/t18-,20+,22-,23-/m0/s1. The van der Waals surface area contributed by atoms with Crippen LogP contribution in [0.5, 0.6) is 0 Å². The zero-order chi connectivity index (χ0) is 22.6. The van der Waals surface area contributed by atoms with Crippen molar-refractivity contribution >= 4 is 29.1 Å². The number of para-hydroxylation sites is 2. The average molecular weight is 429 g/mol. The fraction of sp³-hybridized carbons (Fsp3) is 0.370. The third-order valence-electron chi connectivity index (χ3n) is 7.51. The van der Waals surface area contributed by atoms with Gasteiger partial charge in [-0.2, -0.15) is 0 Å². The second kappa shape index (κ2) is 7.73. The van der Waals surface area contributed by atoms with Crippen molar-refractivity contribution in [2.45, 2.75) is 40.0 Å². The number of nitrogens with zero attached hydrogens (tertiary/aromatic N) is 1. The minimum Gasteiger partial charge on any atom is -0.321 e. The molecule has 0 unspecified atom stereocenters. The highest BCUT2D eigenvalue weighted by Crippen LogP contribution is 2.56. The van der Waals surface area contributed by atoms with Crippen LogP contribution >= 0.6 is 0 Å². The van der Waals surface area contributed by atoms with E-state index in [0.717, 1.165) is 36.1 Å². The predicted molar refractivity (Wildman–Crippen MR) is 124 cm³/mol. The highest BCUT2D eigenvalue weighted by molar-refractivity contribution is 6.25. The summed E-state index contributed by atoms with van der Waals surface area (Å²) in [6.45, 7) is 6.17. The molecule has 0 radical (unpaired) electrons. The zero-order valence-electron chi connectivity index (χ0n) is 18.7. The number of anilines is 2. The van der Waals surface area contributed by atoms with E-state index in [1.807, 2.05) is 18.2 Å².